The Balaban J connectivity index is 1.80. The molecule has 0 saturated heterocycles. The number of thiophene rings is 2. The van der Waals surface area contributed by atoms with Gasteiger partial charge in [0.15, 0.2) is 0 Å². The van der Waals surface area contributed by atoms with Crippen molar-refractivity contribution in [2.75, 3.05) is 11.5 Å². The number of carbonyl (C=O) groups is 3. The number of hydrogen-bond donors (Lipinski definition) is 1. The van der Waals surface area contributed by atoms with Gasteiger partial charge in [-0.15, -0.1) is 22.7 Å². The summed E-state index contributed by atoms with van der Waals surface area (Å²) in [5.41, 5.74) is 1.27. The van der Waals surface area contributed by atoms with E-state index in [0.29, 0.717) is 29.7 Å². The summed E-state index contributed by atoms with van der Waals surface area (Å²) in [7, 11) is 0. The van der Waals surface area contributed by atoms with Crippen molar-refractivity contribution in [3.05, 3.63) is 55.7 Å². The Hall–Kier alpha value is -3.15. The highest BCUT2D eigenvalue weighted by Gasteiger charge is 2.36. The molecule has 0 bridgehead atoms. The van der Waals surface area contributed by atoms with Gasteiger partial charge in [0.1, 0.15) is 16.4 Å². The minimum atomic E-state index is -0.705. The second-order valence-electron chi connectivity index (χ2n) is 12.6. The molecule has 0 unspecified atom stereocenters. The maximum atomic E-state index is 13.6. The molecular formula is C32H40ClN3O6S2. The first kappa shape index (κ1) is 33.7. The number of amides is 2. The molecule has 9 nitrogen and oxygen atoms in total. The van der Waals surface area contributed by atoms with E-state index in [0.717, 1.165) is 20.0 Å². The van der Waals surface area contributed by atoms with Gasteiger partial charge in [-0.2, -0.15) is 0 Å². The lowest BCUT2D eigenvalue weighted by atomic mass is 9.82. The monoisotopic (exact) mass is 661 g/mol. The molecule has 44 heavy (non-hydrogen) atoms. The second kappa shape index (κ2) is 13.5. The standard InChI is InChI=1S/C32H40ClN3O6S2/c1-9-40-28(37)19-12-13-21(22(15-19)34-29(38)41-31(3,4)5)26-18(2)25-27(44-26)23(16-24(33)35-25)36(17-20-11-10-14-43-20)30(39)42-32(6,7)8/h10-12,14,16,21-22H,9,13,15,17H2,1-8H3,(H,34,38)/t21-,22-/m0/s1. The number of halogens is 1. The number of nitrogens with one attached hydrogen (secondary N) is 1. The Morgan fingerprint density at radius 2 is 1.84 bits per heavy atom. The molecule has 1 aliphatic carbocycles. The summed E-state index contributed by atoms with van der Waals surface area (Å²) in [5.74, 6) is -0.592. The largest absolute Gasteiger partial charge is 0.463 e. The van der Waals surface area contributed by atoms with Gasteiger partial charge < -0.3 is 19.5 Å². The molecule has 0 fully saturated rings. The van der Waals surface area contributed by atoms with E-state index >= 15 is 0 Å². The van der Waals surface area contributed by atoms with Crippen molar-refractivity contribution in [1.82, 2.24) is 10.3 Å². The molecule has 1 N–H and O–H groups in total. The van der Waals surface area contributed by atoms with Gasteiger partial charge in [0.2, 0.25) is 0 Å². The molecule has 3 aromatic rings. The van der Waals surface area contributed by atoms with Crippen LogP contribution in [-0.4, -0.2) is 47.0 Å². The van der Waals surface area contributed by atoms with E-state index in [-0.39, 0.29) is 24.1 Å². The van der Waals surface area contributed by atoms with Crippen molar-refractivity contribution in [1.29, 1.82) is 0 Å². The van der Waals surface area contributed by atoms with Crippen LogP contribution in [0.1, 0.15) is 82.5 Å². The Bertz CT molecular complexity index is 1550. The number of nitrogens with zero attached hydrogens (tertiary/aromatic N) is 2. The van der Waals surface area contributed by atoms with Crippen LogP contribution in [0.25, 0.3) is 10.2 Å². The van der Waals surface area contributed by atoms with Crippen LogP contribution in [0.15, 0.2) is 35.2 Å². The van der Waals surface area contributed by atoms with Gasteiger partial charge in [0.05, 0.1) is 29.1 Å². The number of carbonyl (C=O) groups excluding carboxylic acids is 3. The highest BCUT2D eigenvalue weighted by molar-refractivity contribution is 7.20. The van der Waals surface area contributed by atoms with E-state index in [9.17, 15) is 14.4 Å². The number of ether oxygens (including phenoxy) is 3. The molecule has 3 heterocycles. The fourth-order valence-electron chi connectivity index (χ4n) is 5.01. The summed E-state index contributed by atoms with van der Waals surface area (Å²) < 4.78 is 17.4. The van der Waals surface area contributed by atoms with E-state index in [4.69, 9.17) is 25.8 Å². The minimum Gasteiger partial charge on any atom is -0.463 e. The maximum absolute atomic E-state index is 13.6. The second-order valence-corrected chi connectivity index (χ2v) is 15.1. The molecular weight excluding hydrogens is 622 g/mol. The highest BCUT2D eigenvalue weighted by Crippen LogP contribution is 2.45. The van der Waals surface area contributed by atoms with Crippen molar-refractivity contribution in [3.63, 3.8) is 0 Å². The molecule has 0 aliphatic heterocycles. The number of allylic oxidation sites excluding steroid dienone is 1. The van der Waals surface area contributed by atoms with Crippen LogP contribution < -0.4 is 10.2 Å². The van der Waals surface area contributed by atoms with Crippen molar-refractivity contribution in [2.24, 2.45) is 0 Å². The SMILES string of the molecule is CCOC(=O)C1=CC[C@H](c2sc3c(N(Cc4cccs4)C(=O)OC(C)(C)C)cc(Cl)nc3c2C)[C@@H](NC(=O)OC(C)(C)C)C1. The molecule has 2 atom stereocenters. The first-order chi connectivity index (χ1) is 20.6. The quantitative estimate of drug-likeness (QED) is 0.154. The lowest BCUT2D eigenvalue weighted by Crippen LogP contribution is -2.44. The van der Waals surface area contributed by atoms with Crippen molar-refractivity contribution >= 4 is 68.3 Å². The van der Waals surface area contributed by atoms with Gasteiger partial charge in [-0.1, -0.05) is 23.7 Å². The van der Waals surface area contributed by atoms with Gasteiger partial charge in [-0.25, -0.2) is 19.4 Å². The molecule has 4 rings (SSSR count). The third kappa shape index (κ3) is 8.31. The minimum absolute atomic E-state index is 0.196. The summed E-state index contributed by atoms with van der Waals surface area (Å²) in [4.78, 5) is 47.4. The van der Waals surface area contributed by atoms with E-state index in [1.807, 2.05) is 51.3 Å². The summed E-state index contributed by atoms with van der Waals surface area (Å²) in [6, 6.07) is 5.15. The number of alkyl carbamates (subject to hydrolysis) is 1. The fourth-order valence-corrected chi connectivity index (χ4v) is 7.34. The zero-order chi connectivity index (χ0) is 32.4. The van der Waals surface area contributed by atoms with Crippen LogP contribution in [0.2, 0.25) is 5.15 Å². The first-order valence-corrected chi connectivity index (χ1v) is 16.6. The van der Waals surface area contributed by atoms with E-state index in [1.54, 1.807) is 50.0 Å². The predicted molar refractivity (Wildman–Crippen MR) is 176 cm³/mol. The molecule has 0 saturated carbocycles. The zero-order valence-electron chi connectivity index (χ0n) is 26.4. The summed E-state index contributed by atoms with van der Waals surface area (Å²) in [6.07, 6.45) is 1.58. The van der Waals surface area contributed by atoms with Crippen LogP contribution in [0, 0.1) is 6.92 Å². The smallest absolute Gasteiger partial charge is 0.415 e. The van der Waals surface area contributed by atoms with Crippen molar-refractivity contribution < 1.29 is 28.6 Å². The zero-order valence-corrected chi connectivity index (χ0v) is 28.8. The maximum Gasteiger partial charge on any atom is 0.415 e. The Kier molecular flexibility index (Phi) is 10.3. The fraction of sp³-hybridized carbons (Fsp3) is 0.500. The number of rotatable bonds is 7. The molecule has 0 spiro atoms. The third-order valence-electron chi connectivity index (χ3n) is 6.78. The average Bonchev–Trinajstić information content (AvgIpc) is 3.53. The van der Waals surface area contributed by atoms with Crippen molar-refractivity contribution in [3.8, 4) is 0 Å². The Labute approximate surface area is 271 Å². The lowest BCUT2D eigenvalue weighted by molar-refractivity contribution is -0.138. The number of esters is 1. The molecule has 0 aromatic carbocycles. The van der Waals surface area contributed by atoms with Crippen LogP contribution >= 0.6 is 34.3 Å². The normalized spacial score (nSPS) is 17.2. The Morgan fingerprint density at radius 3 is 2.45 bits per heavy atom. The first-order valence-electron chi connectivity index (χ1n) is 14.5. The van der Waals surface area contributed by atoms with Crippen LogP contribution in [0.4, 0.5) is 15.3 Å². The highest BCUT2D eigenvalue weighted by atomic mass is 35.5. The molecule has 3 aromatic heterocycles. The molecule has 12 heteroatoms. The third-order valence-corrected chi connectivity index (χ3v) is 9.27. The molecule has 238 valence electrons. The number of pyridine rings is 1. The van der Waals surface area contributed by atoms with Gasteiger partial charge in [0.25, 0.3) is 0 Å². The number of aromatic nitrogens is 1. The van der Waals surface area contributed by atoms with Gasteiger partial charge in [0, 0.05) is 39.8 Å². The van der Waals surface area contributed by atoms with E-state index < -0.39 is 35.4 Å². The van der Waals surface area contributed by atoms with Gasteiger partial charge in [-0.3, -0.25) is 4.90 Å². The van der Waals surface area contributed by atoms with E-state index in [2.05, 4.69) is 10.3 Å². The molecule has 1 aliphatic rings. The molecule has 0 radical (unpaired) electrons. The summed E-state index contributed by atoms with van der Waals surface area (Å²) in [6.45, 7) is 15.2. The molecule has 2 amide bonds. The van der Waals surface area contributed by atoms with Crippen LogP contribution in [-0.2, 0) is 25.5 Å². The number of aryl methyl sites for hydroxylation is 1. The topological polar surface area (TPSA) is 107 Å². The Morgan fingerprint density at radius 1 is 1.14 bits per heavy atom. The predicted octanol–water partition coefficient (Wildman–Crippen LogP) is 8.52. The lowest BCUT2D eigenvalue weighted by Gasteiger charge is -2.32. The average molecular weight is 662 g/mol. The number of hydrogen-bond acceptors (Lipinski definition) is 9. The summed E-state index contributed by atoms with van der Waals surface area (Å²) >= 11 is 9.63. The van der Waals surface area contributed by atoms with Crippen molar-refractivity contribution in [2.45, 2.75) is 97.9 Å². The van der Waals surface area contributed by atoms with E-state index in [1.165, 1.54) is 11.3 Å². The summed E-state index contributed by atoms with van der Waals surface area (Å²) in [5, 5.41) is 5.22. The number of fused-ring (bicyclic) bond motifs is 1. The van der Waals surface area contributed by atoms with Gasteiger partial charge >= 0.3 is 18.2 Å². The van der Waals surface area contributed by atoms with Crippen LogP contribution in [0.5, 0.6) is 0 Å². The van der Waals surface area contributed by atoms with Gasteiger partial charge in [-0.05, 0) is 78.8 Å². The van der Waals surface area contributed by atoms with Crippen LogP contribution in [0.3, 0.4) is 0 Å². The number of anilines is 1.